The standard InChI is InChI=1S/C26H24N6O3S/c1-17-9-8-14-31-23(17)27-22(18-10-4-2-5-11-18)25(31)29-26(33)28-24-20-15-36(34,35)16-21(20)30-32(24)19-12-6-3-7-13-19/h2-14,34-35H,15-16H2,1H3,(H2,28,29,33). The fraction of sp³-hybridized carbons (Fsp3) is 0.115. The molecule has 0 aliphatic carbocycles. The average molecular weight is 501 g/mol. The summed E-state index contributed by atoms with van der Waals surface area (Å²) in [6, 6.07) is 22.5. The third kappa shape index (κ3) is 3.91. The molecule has 36 heavy (non-hydrogen) atoms. The van der Waals surface area contributed by atoms with Crippen molar-refractivity contribution in [1.29, 1.82) is 0 Å². The number of urea groups is 1. The molecule has 4 heterocycles. The second-order valence-corrected chi connectivity index (χ2v) is 10.9. The van der Waals surface area contributed by atoms with Crippen molar-refractivity contribution in [1.82, 2.24) is 19.2 Å². The van der Waals surface area contributed by atoms with E-state index < -0.39 is 16.6 Å². The van der Waals surface area contributed by atoms with E-state index in [0.717, 1.165) is 22.5 Å². The maximum absolute atomic E-state index is 13.4. The van der Waals surface area contributed by atoms with Gasteiger partial charge in [0.15, 0.2) is 0 Å². The molecule has 0 fully saturated rings. The number of fused-ring (bicyclic) bond motifs is 2. The largest absolute Gasteiger partial charge is 0.326 e. The van der Waals surface area contributed by atoms with Crippen molar-refractivity contribution >= 4 is 33.9 Å². The summed E-state index contributed by atoms with van der Waals surface area (Å²) in [4.78, 5) is 18.2. The molecule has 0 unspecified atom stereocenters. The molecular weight excluding hydrogens is 476 g/mol. The molecule has 5 aromatic rings. The first-order valence-electron chi connectivity index (χ1n) is 11.4. The van der Waals surface area contributed by atoms with E-state index in [-0.39, 0.29) is 11.5 Å². The number of hydrogen-bond donors (Lipinski definition) is 4. The normalized spacial score (nSPS) is 15.0. The number of aryl methyl sites for hydroxylation is 1. The number of nitrogens with one attached hydrogen (secondary N) is 2. The van der Waals surface area contributed by atoms with Crippen LogP contribution in [0.3, 0.4) is 0 Å². The van der Waals surface area contributed by atoms with Crippen molar-refractivity contribution in [3.8, 4) is 16.9 Å². The van der Waals surface area contributed by atoms with E-state index in [1.165, 1.54) is 0 Å². The number of rotatable bonds is 4. The monoisotopic (exact) mass is 500 g/mol. The summed E-state index contributed by atoms with van der Waals surface area (Å²) in [5.41, 5.74) is 5.21. The number of aromatic nitrogens is 4. The number of carbonyl (C=O) groups excluding carboxylic acids is 1. The Balaban J connectivity index is 1.40. The van der Waals surface area contributed by atoms with Gasteiger partial charge < -0.3 is 0 Å². The Morgan fingerprint density at radius 2 is 1.61 bits per heavy atom. The Hall–Kier alpha value is -4.12. The fourth-order valence-corrected chi connectivity index (χ4v) is 6.05. The quantitative estimate of drug-likeness (QED) is 0.245. The lowest BCUT2D eigenvalue weighted by Crippen LogP contribution is -2.23. The van der Waals surface area contributed by atoms with Crippen LogP contribution in [0.15, 0.2) is 79.0 Å². The van der Waals surface area contributed by atoms with Crippen LogP contribution in [0.4, 0.5) is 16.4 Å². The predicted molar refractivity (Wildman–Crippen MR) is 142 cm³/mol. The second-order valence-electron chi connectivity index (χ2n) is 8.75. The van der Waals surface area contributed by atoms with E-state index in [1.807, 2.05) is 90.3 Å². The number of anilines is 2. The molecule has 2 aromatic carbocycles. The van der Waals surface area contributed by atoms with Gasteiger partial charge in [-0.2, -0.15) is 15.7 Å². The smallest absolute Gasteiger partial charge is 0.299 e. The number of benzene rings is 2. The molecule has 9 nitrogen and oxygen atoms in total. The van der Waals surface area contributed by atoms with Crippen LogP contribution >= 0.6 is 10.6 Å². The van der Waals surface area contributed by atoms with Gasteiger partial charge in [0.05, 0.1) is 22.9 Å². The zero-order valence-electron chi connectivity index (χ0n) is 19.4. The summed E-state index contributed by atoms with van der Waals surface area (Å²) in [5, 5.41) is 10.5. The minimum absolute atomic E-state index is 0.0504. The first kappa shape index (κ1) is 22.4. The first-order chi connectivity index (χ1) is 17.4. The van der Waals surface area contributed by atoms with Crippen molar-refractivity contribution in [2.45, 2.75) is 18.4 Å². The van der Waals surface area contributed by atoms with Crippen LogP contribution in [-0.4, -0.2) is 34.3 Å². The van der Waals surface area contributed by atoms with Gasteiger partial charge in [-0.25, -0.2) is 14.5 Å². The van der Waals surface area contributed by atoms with E-state index >= 15 is 0 Å². The van der Waals surface area contributed by atoms with Crippen LogP contribution in [0.2, 0.25) is 0 Å². The molecule has 0 saturated carbocycles. The van der Waals surface area contributed by atoms with Gasteiger partial charge in [-0.15, -0.1) is 0 Å². The number of para-hydroxylation sites is 1. The van der Waals surface area contributed by atoms with Crippen LogP contribution in [0.25, 0.3) is 22.6 Å². The van der Waals surface area contributed by atoms with Crippen LogP contribution in [-0.2, 0) is 11.5 Å². The van der Waals surface area contributed by atoms with Gasteiger partial charge in [-0.3, -0.25) is 24.1 Å². The first-order valence-corrected chi connectivity index (χ1v) is 13.3. The number of carbonyl (C=O) groups is 1. The van der Waals surface area contributed by atoms with Gasteiger partial charge in [-0.05, 0) is 30.7 Å². The molecule has 6 rings (SSSR count). The SMILES string of the molecule is Cc1cccn2c(NC(=O)Nc3c4c(nn3-c3ccccc3)CS(O)(O)C4)c(-c3ccccc3)nc12. The van der Waals surface area contributed by atoms with Gasteiger partial charge in [0.25, 0.3) is 0 Å². The average Bonchev–Trinajstić information content (AvgIpc) is 3.49. The van der Waals surface area contributed by atoms with Gasteiger partial charge >= 0.3 is 6.03 Å². The molecule has 0 atom stereocenters. The van der Waals surface area contributed by atoms with Crippen LogP contribution in [0.1, 0.15) is 16.8 Å². The zero-order chi connectivity index (χ0) is 24.9. The third-order valence-electron chi connectivity index (χ3n) is 6.17. The van der Waals surface area contributed by atoms with Crippen molar-refractivity contribution in [2.24, 2.45) is 0 Å². The molecule has 4 N–H and O–H groups in total. The lowest BCUT2D eigenvalue weighted by atomic mass is 10.1. The Morgan fingerprint density at radius 3 is 2.36 bits per heavy atom. The Kier molecular flexibility index (Phi) is 5.29. The summed E-state index contributed by atoms with van der Waals surface area (Å²) in [6.07, 6.45) is 1.86. The number of amides is 2. The highest BCUT2D eigenvalue weighted by molar-refractivity contribution is 8.23. The lowest BCUT2D eigenvalue weighted by molar-refractivity contribution is 0.262. The van der Waals surface area contributed by atoms with Crippen molar-refractivity contribution in [3.05, 3.63) is 95.8 Å². The van der Waals surface area contributed by atoms with E-state index in [4.69, 9.17) is 4.98 Å². The summed E-state index contributed by atoms with van der Waals surface area (Å²) in [7, 11) is -2.81. The topological polar surface area (TPSA) is 117 Å². The predicted octanol–water partition coefficient (Wildman–Crippen LogP) is 5.90. The fourth-order valence-electron chi connectivity index (χ4n) is 4.52. The molecule has 10 heteroatoms. The Bertz CT molecular complexity index is 1590. The molecule has 3 aromatic heterocycles. The maximum Gasteiger partial charge on any atom is 0.326 e. The number of hydrogen-bond acceptors (Lipinski definition) is 5. The van der Waals surface area contributed by atoms with Gasteiger partial charge in [0.2, 0.25) is 0 Å². The molecule has 0 saturated heterocycles. The highest BCUT2D eigenvalue weighted by Gasteiger charge is 2.33. The molecule has 0 spiro atoms. The Morgan fingerprint density at radius 1 is 0.917 bits per heavy atom. The highest BCUT2D eigenvalue weighted by Crippen LogP contribution is 2.54. The third-order valence-corrected chi connectivity index (χ3v) is 7.65. The van der Waals surface area contributed by atoms with Crippen molar-refractivity contribution in [3.63, 3.8) is 0 Å². The molecule has 0 bridgehead atoms. The minimum Gasteiger partial charge on any atom is -0.299 e. The minimum atomic E-state index is -2.81. The second kappa shape index (κ2) is 8.52. The summed E-state index contributed by atoms with van der Waals surface area (Å²) < 4.78 is 24.1. The van der Waals surface area contributed by atoms with E-state index in [9.17, 15) is 13.9 Å². The van der Waals surface area contributed by atoms with Crippen molar-refractivity contribution < 1.29 is 13.9 Å². The summed E-state index contributed by atoms with van der Waals surface area (Å²) >= 11 is 0. The van der Waals surface area contributed by atoms with E-state index in [1.54, 1.807) is 4.68 Å². The van der Waals surface area contributed by atoms with Gasteiger partial charge in [0, 0.05) is 17.3 Å². The molecule has 1 aliphatic heterocycles. The van der Waals surface area contributed by atoms with Gasteiger partial charge in [0.1, 0.15) is 23.0 Å². The van der Waals surface area contributed by atoms with Crippen LogP contribution in [0, 0.1) is 6.92 Å². The molecule has 0 radical (unpaired) electrons. The van der Waals surface area contributed by atoms with E-state index in [0.29, 0.717) is 28.6 Å². The van der Waals surface area contributed by atoms with Crippen LogP contribution in [0.5, 0.6) is 0 Å². The summed E-state index contributed by atoms with van der Waals surface area (Å²) in [5.74, 6) is 1.07. The van der Waals surface area contributed by atoms with Crippen molar-refractivity contribution in [2.75, 3.05) is 10.6 Å². The van der Waals surface area contributed by atoms with Crippen LogP contribution < -0.4 is 10.6 Å². The summed E-state index contributed by atoms with van der Waals surface area (Å²) in [6.45, 7) is 1.97. The van der Waals surface area contributed by atoms with E-state index in [2.05, 4.69) is 15.7 Å². The number of nitrogens with zero attached hydrogens (tertiary/aromatic N) is 4. The maximum atomic E-state index is 13.4. The number of imidazole rings is 1. The Labute approximate surface area is 208 Å². The highest BCUT2D eigenvalue weighted by atomic mass is 32.3. The molecule has 1 aliphatic rings. The lowest BCUT2D eigenvalue weighted by Gasteiger charge is -2.25. The molecule has 182 valence electrons. The zero-order valence-corrected chi connectivity index (χ0v) is 20.2. The van der Waals surface area contributed by atoms with Gasteiger partial charge in [-0.1, -0.05) is 54.6 Å². The molecule has 2 amide bonds. The molecular formula is C26H24N6O3S. The number of pyridine rings is 1.